The predicted octanol–water partition coefficient (Wildman–Crippen LogP) is 4.47. The number of nitrogens with one attached hydrogen (secondary N) is 2. The molecular formula is C28H33N7O3. The molecule has 0 saturated carbocycles. The number of hydrogen-bond donors (Lipinski definition) is 2. The van der Waals surface area contributed by atoms with E-state index in [1.165, 1.54) is 0 Å². The molecule has 0 aliphatic rings. The molecule has 0 aliphatic heterocycles. The minimum absolute atomic E-state index is 0.270. The van der Waals surface area contributed by atoms with Gasteiger partial charge in [-0.15, -0.1) is 0 Å². The number of rotatable bonds is 8. The second-order valence-corrected chi connectivity index (χ2v) is 10.1. The first kappa shape index (κ1) is 26.6. The molecule has 0 fully saturated rings. The minimum Gasteiger partial charge on any atom is -0.444 e. The number of aromatic nitrogens is 5. The topological polar surface area (TPSA) is 116 Å². The van der Waals surface area contributed by atoms with Gasteiger partial charge in [0, 0.05) is 37.4 Å². The maximum absolute atomic E-state index is 12.8. The van der Waals surface area contributed by atoms with E-state index < -0.39 is 11.7 Å². The van der Waals surface area contributed by atoms with Gasteiger partial charge in [0.1, 0.15) is 17.1 Å². The number of amides is 2. The standard InChI is InChI=1S/C28H33N7O3/c1-19-13-25(33-27(37)38-28(3,4)5)32-20(2)23(19)14-29-26(36)24-17-34(18-30-24)15-21-7-9-22(10-8-21)16-35-12-6-11-31-35/h6-13,17-18H,14-16H2,1-5H3,(H,29,36)(H,32,33,37). The first-order chi connectivity index (χ1) is 18.1. The highest BCUT2D eigenvalue weighted by Gasteiger charge is 2.18. The van der Waals surface area contributed by atoms with Crippen molar-refractivity contribution in [2.45, 2.75) is 59.9 Å². The van der Waals surface area contributed by atoms with Crippen molar-refractivity contribution in [2.24, 2.45) is 0 Å². The quantitative estimate of drug-likeness (QED) is 0.358. The van der Waals surface area contributed by atoms with Gasteiger partial charge in [0.15, 0.2) is 0 Å². The van der Waals surface area contributed by atoms with E-state index in [1.807, 2.05) is 35.4 Å². The fourth-order valence-corrected chi connectivity index (χ4v) is 3.96. The average Bonchev–Trinajstić information content (AvgIpc) is 3.51. The van der Waals surface area contributed by atoms with Crippen LogP contribution in [0.4, 0.5) is 10.6 Å². The largest absolute Gasteiger partial charge is 0.444 e. The van der Waals surface area contributed by atoms with E-state index in [4.69, 9.17) is 4.74 Å². The first-order valence-electron chi connectivity index (χ1n) is 12.4. The number of carbonyl (C=O) groups is 2. The number of hydrogen-bond acceptors (Lipinski definition) is 6. The lowest BCUT2D eigenvalue weighted by Crippen LogP contribution is -2.28. The zero-order valence-electron chi connectivity index (χ0n) is 22.4. The van der Waals surface area contributed by atoms with Crippen molar-refractivity contribution < 1.29 is 14.3 Å². The SMILES string of the molecule is Cc1cc(NC(=O)OC(C)(C)C)nc(C)c1CNC(=O)c1cn(Cc2ccc(Cn3cccn3)cc2)cn1. The molecule has 3 aromatic heterocycles. The van der Waals surface area contributed by atoms with Crippen LogP contribution in [0.15, 0.2) is 61.3 Å². The van der Waals surface area contributed by atoms with Gasteiger partial charge in [0.2, 0.25) is 0 Å². The number of aryl methyl sites for hydroxylation is 2. The van der Waals surface area contributed by atoms with E-state index in [0.29, 0.717) is 30.3 Å². The van der Waals surface area contributed by atoms with E-state index in [2.05, 4.69) is 50.0 Å². The molecule has 0 atom stereocenters. The summed E-state index contributed by atoms with van der Waals surface area (Å²) in [5, 5.41) is 9.81. The molecule has 1 aromatic carbocycles. The fourth-order valence-electron chi connectivity index (χ4n) is 3.96. The zero-order chi connectivity index (χ0) is 27.3. The second-order valence-electron chi connectivity index (χ2n) is 10.1. The number of ether oxygens (including phenoxy) is 1. The Balaban J connectivity index is 1.32. The number of pyridine rings is 1. The van der Waals surface area contributed by atoms with Crippen molar-refractivity contribution >= 4 is 17.8 Å². The molecular weight excluding hydrogens is 482 g/mol. The van der Waals surface area contributed by atoms with Crippen LogP contribution in [0.1, 0.15) is 59.2 Å². The molecule has 2 N–H and O–H groups in total. The molecule has 0 saturated heterocycles. The fraction of sp³-hybridized carbons (Fsp3) is 0.321. The highest BCUT2D eigenvalue weighted by atomic mass is 16.6. The number of imidazole rings is 1. The van der Waals surface area contributed by atoms with Crippen LogP contribution < -0.4 is 10.6 Å². The first-order valence-corrected chi connectivity index (χ1v) is 12.4. The molecule has 0 aliphatic carbocycles. The van der Waals surface area contributed by atoms with Gasteiger partial charge in [0.05, 0.1) is 12.9 Å². The second kappa shape index (κ2) is 11.3. The molecule has 4 aromatic rings. The molecule has 3 heterocycles. The van der Waals surface area contributed by atoms with E-state index in [9.17, 15) is 9.59 Å². The number of nitrogens with zero attached hydrogens (tertiary/aromatic N) is 5. The third kappa shape index (κ3) is 7.28. The highest BCUT2D eigenvalue weighted by Crippen LogP contribution is 2.18. The van der Waals surface area contributed by atoms with Crippen molar-refractivity contribution in [3.63, 3.8) is 0 Å². The predicted molar refractivity (Wildman–Crippen MR) is 144 cm³/mol. The van der Waals surface area contributed by atoms with Crippen molar-refractivity contribution in [3.8, 4) is 0 Å². The number of anilines is 1. The number of carbonyl (C=O) groups excluding carboxylic acids is 2. The summed E-state index contributed by atoms with van der Waals surface area (Å²) < 4.78 is 9.04. The van der Waals surface area contributed by atoms with Crippen LogP contribution in [0.3, 0.4) is 0 Å². The van der Waals surface area contributed by atoms with Gasteiger partial charge in [-0.2, -0.15) is 5.10 Å². The van der Waals surface area contributed by atoms with Crippen LogP contribution in [0, 0.1) is 13.8 Å². The Morgan fingerprint density at radius 3 is 2.39 bits per heavy atom. The lowest BCUT2D eigenvalue weighted by atomic mass is 10.1. The normalized spacial score (nSPS) is 11.3. The van der Waals surface area contributed by atoms with E-state index in [0.717, 1.165) is 28.8 Å². The van der Waals surface area contributed by atoms with Gasteiger partial charge >= 0.3 is 6.09 Å². The summed E-state index contributed by atoms with van der Waals surface area (Å²) in [7, 11) is 0. The summed E-state index contributed by atoms with van der Waals surface area (Å²) in [5.41, 5.74) is 4.49. The van der Waals surface area contributed by atoms with Crippen LogP contribution >= 0.6 is 0 Å². The van der Waals surface area contributed by atoms with Gasteiger partial charge in [-0.25, -0.2) is 14.8 Å². The molecule has 10 heteroatoms. The zero-order valence-corrected chi connectivity index (χ0v) is 22.4. The molecule has 0 unspecified atom stereocenters. The lowest BCUT2D eigenvalue weighted by Gasteiger charge is -2.20. The van der Waals surface area contributed by atoms with Gasteiger partial charge < -0.3 is 14.6 Å². The molecule has 4 rings (SSSR count). The molecule has 198 valence electrons. The van der Waals surface area contributed by atoms with Crippen molar-refractivity contribution in [1.29, 1.82) is 0 Å². The van der Waals surface area contributed by atoms with Crippen LogP contribution in [0.2, 0.25) is 0 Å². The van der Waals surface area contributed by atoms with Crippen LogP contribution in [0.5, 0.6) is 0 Å². The summed E-state index contributed by atoms with van der Waals surface area (Å²) in [6, 6.07) is 12.0. The Kier molecular flexibility index (Phi) is 7.90. The Morgan fingerprint density at radius 2 is 1.76 bits per heavy atom. The molecule has 2 amide bonds. The summed E-state index contributed by atoms with van der Waals surface area (Å²) in [5.74, 6) is 0.130. The summed E-state index contributed by atoms with van der Waals surface area (Å²) in [4.78, 5) is 33.5. The maximum Gasteiger partial charge on any atom is 0.413 e. The van der Waals surface area contributed by atoms with Crippen LogP contribution in [-0.2, 0) is 24.4 Å². The summed E-state index contributed by atoms with van der Waals surface area (Å²) in [6.45, 7) is 10.8. The average molecular weight is 516 g/mol. The Hall–Kier alpha value is -4.47. The van der Waals surface area contributed by atoms with E-state index in [-0.39, 0.29) is 5.91 Å². The molecule has 10 nitrogen and oxygen atoms in total. The monoisotopic (exact) mass is 515 g/mol. The minimum atomic E-state index is -0.600. The third-order valence-corrected chi connectivity index (χ3v) is 5.77. The van der Waals surface area contributed by atoms with Crippen molar-refractivity contribution in [2.75, 3.05) is 5.32 Å². The van der Waals surface area contributed by atoms with Crippen LogP contribution in [0.25, 0.3) is 0 Å². The smallest absolute Gasteiger partial charge is 0.413 e. The third-order valence-electron chi connectivity index (χ3n) is 5.77. The Bertz CT molecular complexity index is 1380. The van der Waals surface area contributed by atoms with Gasteiger partial charge in [0.25, 0.3) is 5.91 Å². The summed E-state index contributed by atoms with van der Waals surface area (Å²) in [6.07, 6.45) is 6.53. The summed E-state index contributed by atoms with van der Waals surface area (Å²) >= 11 is 0. The van der Waals surface area contributed by atoms with Crippen molar-refractivity contribution in [3.05, 3.63) is 95.0 Å². The lowest BCUT2D eigenvalue weighted by molar-refractivity contribution is 0.0635. The highest BCUT2D eigenvalue weighted by molar-refractivity contribution is 5.92. The molecule has 0 bridgehead atoms. The van der Waals surface area contributed by atoms with Crippen molar-refractivity contribution in [1.82, 2.24) is 29.6 Å². The molecule has 0 spiro atoms. The molecule has 0 radical (unpaired) electrons. The molecule has 38 heavy (non-hydrogen) atoms. The van der Waals surface area contributed by atoms with Crippen LogP contribution in [-0.4, -0.2) is 41.9 Å². The van der Waals surface area contributed by atoms with Gasteiger partial charge in [-0.05, 0) is 69.0 Å². The Labute approximate surface area is 222 Å². The number of benzene rings is 1. The van der Waals surface area contributed by atoms with Gasteiger partial charge in [-0.1, -0.05) is 24.3 Å². The van der Waals surface area contributed by atoms with E-state index in [1.54, 1.807) is 45.6 Å². The Morgan fingerprint density at radius 1 is 1.05 bits per heavy atom. The van der Waals surface area contributed by atoms with E-state index >= 15 is 0 Å². The maximum atomic E-state index is 12.8. The van der Waals surface area contributed by atoms with Gasteiger partial charge in [-0.3, -0.25) is 14.8 Å².